The highest BCUT2D eigenvalue weighted by atomic mass is 16.5. The molecule has 0 aliphatic heterocycles. The first-order chi connectivity index (χ1) is 18.2. The van der Waals surface area contributed by atoms with Crippen LogP contribution in [0, 0.1) is 6.92 Å². The Balaban J connectivity index is 1.58. The molecule has 3 aromatic rings. The van der Waals surface area contributed by atoms with Crippen molar-refractivity contribution in [3.05, 3.63) is 59.9 Å². The fourth-order valence-corrected chi connectivity index (χ4v) is 4.65. The molecule has 0 fully saturated rings. The van der Waals surface area contributed by atoms with E-state index in [0.717, 1.165) is 16.8 Å². The highest BCUT2D eigenvalue weighted by Gasteiger charge is 2.27. The maximum Gasteiger partial charge on any atom is 0.260 e. The number of aryl methyl sites for hydroxylation is 1. The maximum absolute atomic E-state index is 12.8. The maximum atomic E-state index is 12.8. The molecule has 0 saturated carbocycles. The fraction of sp³-hybridized carbons (Fsp3) is 0.531. The van der Waals surface area contributed by atoms with Crippen LogP contribution >= 0.6 is 0 Å². The number of fused-ring (bicyclic) bond motifs is 1. The summed E-state index contributed by atoms with van der Waals surface area (Å²) >= 11 is 0. The molecule has 0 N–H and O–H groups in total. The number of benzene rings is 2. The van der Waals surface area contributed by atoms with Crippen molar-refractivity contribution in [3.8, 4) is 5.75 Å². The minimum Gasteiger partial charge on any atom is -0.488 e. The number of nitrogens with zero attached hydrogens (tertiary/aromatic N) is 3. The van der Waals surface area contributed by atoms with E-state index < -0.39 is 11.2 Å². The molecule has 1 aromatic heterocycles. The number of ether oxygens (including phenoxy) is 2. The number of amides is 2. The van der Waals surface area contributed by atoms with Gasteiger partial charge in [-0.3, -0.25) is 14.5 Å². The lowest BCUT2D eigenvalue weighted by Crippen LogP contribution is -2.37. The Morgan fingerprint density at radius 2 is 1.72 bits per heavy atom. The normalized spacial score (nSPS) is 12.4. The van der Waals surface area contributed by atoms with Gasteiger partial charge in [0.1, 0.15) is 11.4 Å². The van der Waals surface area contributed by atoms with Crippen LogP contribution in [0.3, 0.4) is 0 Å². The topological polar surface area (TPSA) is 64.7 Å². The van der Waals surface area contributed by atoms with Gasteiger partial charge in [0.15, 0.2) is 11.0 Å². The Morgan fingerprint density at radius 1 is 1.03 bits per heavy atom. The second-order valence-electron chi connectivity index (χ2n) is 12.2. The first-order valence-corrected chi connectivity index (χ1v) is 14.0. The van der Waals surface area contributed by atoms with Crippen molar-refractivity contribution in [1.29, 1.82) is 0 Å². The van der Waals surface area contributed by atoms with Crippen LogP contribution in [0.15, 0.2) is 48.8 Å². The molecule has 7 heteroatoms. The average Bonchev–Trinajstić information content (AvgIpc) is 3.23. The van der Waals surface area contributed by atoms with Crippen molar-refractivity contribution >= 4 is 23.4 Å². The Hall–Kier alpha value is -3.19. The van der Waals surface area contributed by atoms with Crippen LogP contribution in [0.1, 0.15) is 96.2 Å². The van der Waals surface area contributed by atoms with Crippen LogP contribution in [0.2, 0.25) is 0 Å². The first-order valence-electron chi connectivity index (χ1n) is 14.0. The molecule has 1 heterocycles. The zero-order chi connectivity index (χ0) is 29.0. The summed E-state index contributed by atoms with van der Waals surface area (Å²) in [7, 11) is 0. The smallest absolute Gasteiger partial charge is 0.260 e. The molecule has 7 nitrogen and oxygen atoms in total. The van der Waals surface area contributed by atoms with Crippen molar-refractivity contribution in [2.24, 2.45) is 0 Å². The van der Waals surface area contributed by atoms with Crippen LogP contribution < -0.4 is 9.30 Å². The van der Waals surface area contributed by atoms with Crippen molar-refractivity contribution in [2.75, 3.05) is 13.2 Å². The molecular weight excluding hydrogens is 490 g/mol. The molecule has 0 spiro atoms. The van der Waals surface area contributed by atoms with Crippen LogP contribution in [0.5, 0.6) is 5.75 Å². The van der Waals surface area contributed by atoms with Crippen LogP contribution in [-0.2, 0) is 9.53 Å². The monoisotopic (exact) mass is 536 g/mol. The molecule has 0 aliphatic rings. The van der Waals surface area contributed by atoms with E-state index in [1.54, 1.807) is 6.07 Å². The van der Waals surface area contributed by atoms with E-state index in [1.807, 2.05) is 45.0 Å². The lowest BCUT2D eigenvalue weighted by Gasteiger charge is -2.31. The first kappa shape index (κ1) is 30.4. The molecule has 2 aromatic carbocycles. The van der Waals surface area contributed by atoms with Gasteiger partial charge >= 0.3 is 0 Å². The fourth-order valence-electron chi connectivity index (χ4n) is 4.65. The molecule has 0 saturated heterocycles. The van der Waals surface area contributed by atoms with Crippen LogP contribution in [0.25, 0.3) is 11.0 Å². The number of imide groups is 1. The van der Waals surface area contributed by atoms with E-state index in [0.29, 0.717) is 43.5 Å². The largest absolute Gasteiger partial charge is 0.488 e. The van der Waals surface area contributed by atoms with Crippen LogP contribution in [0.4, 0.5) is 0 Å². The van der Waals surface area contributed by atoms with Gasteiger partial charge in [-0.1, -0.05) is 18.2 Å². The van der Waals surface area contributed by atoms with Gasteiger partial charge in [-0.15, -0.1) is 0 Å². The van der Waals surface area contributed by atoms with E-state index in [9.17, 15) is 9.59 Å². The Morgan fingerprint density at radius 3 is 2.33 bits per heavy atom. The Labute approximate surface area is 233 Å². The molecule has 2 amide bonds. The summed E-state index contributed by atoms with van der Waals surface area (Å²) in [6, 6.07) is 14.3. The van der Waals surface area contributed by atoms with Gasteiger partial charge in [-0.05, 0) is 92.5 Å². The number of rotatable bonds is 13. The zero-order valence-corrected chi connectivity index (χ0v) is 25.2. The van der Waals surface area contributed by atoms with Gasteiger partial charge < -0.3 is 9.47 Å². The predicted molar refractivity (Wildman–Crippen MR) is 155 cm³/mol. The van der Waals surface area contributed by atoms with Gasteiger partial charge in [-0.2, -0.15) is 0 Å². The second-order valence-corrected chi connectivity index (χ2v) is 12.2. The SMILES string of the molecule is Cc1ccccc1C(=O)N(C=O)CCC(C)(C)OCCC(C)(C)Oc1ccc2c(c1)[n+](C(C)C)cn2C(C)C. The van der Waals surface area contributed by atoms with Crippen molar-refractivity contribution in [3.63, 3.8) is 0 Å². The molecule has 3 rings (SSSR count). The van der Waals surface area contributed by atoms with E-state index in [2.05, 4.69) is 69.1 Å². The molecular formula is C32H46N3O4+. The number of hydrogen-bond acceptors (Lipinski definition) is 4. The predicted octanol–water partition coefficient (Wildman–Crippen LogP) is 6.43. The third-order valence-electron chi connectivity index (χ3n) is 7.17. The minimum atomic E-state index is -0.509. The summed E-state index contributed by atoms with van der Waals surface area (Å²) in [6.45, 7) is 19.5. The number of hydrogen-bond donors (Lipinski definition) is 0. The summed E-state index contributed by atoms with van der Waals surface area (Å²) in [5, 5.41) is 0. The van der Waals surface area contributed by atoms with Gasteiger partial charge in [0.25, 0.3) is 5.91 Å². The lowest BCUT2D eigenvalue weighted by molar-refractivity contribution is -0.692. The zero-order valence-electron chi connectivity index (χ0n) is 25.2. The Kier molecular flexibility index (Phi) is 9.60. The minimum absolute atomic E-state index is 0.284. The summed E-state index contributed by atoms with van der Waals surface area (Å²) in [6.07, 6.45) is 4.01. The molecule has 0 bridgehead atoms. The molecule has 0 atom stereocenters. The second kappa shape index (κ2) is 12.3. The highest BCUT2D eigenvalue weighted by molar-refractivity contribution is 6.00. The summed E-state index contributed by atoms with van der Waals surface area (Å²) in [4.78, 5) is 25.8. The van der Waals surface area contributed by atoms with Gasteiger partial charge in [0.05, 0.1) is 24.3 Å². The molecule has 0 radical (unpaired) electrons. The lowest BCUT2D eigenvalue weighted by atomic mass is 10.0. The molecule has 39 heavy (non-hydrogen) atoms. The molecule has 0 aliphatic carbocycles. The van der Waals surface area contributed by atoms with Gasteiger partial charge in [0.2, 0.25) is 12.7 Å². The van der Waals surface area contributed by atoms with Gasteiger partial charge in [-0.25, -0.2) is 9.13 Å². The number of carbonyl (C=O) groups is 2. The summed E-state index contributed by atoms with van der Waals surface area (Å²) < 4.78 is 17.2. The van der Waals surface area contributed by atoms with Crippen molar-refractivity contribution in [2.45, 2.75) is 98.4 Å². The third kappa shape index (κ3) is 7.69. The highest BCUT2D eigenvalue weighted by Crippen LogP contribution is 2.27. The average molecular weight is 537 g/mol. The third-order valence-corrected chi connectivity index (χ3v) is 7.17. The summed E-state index contributed by atoms with van der Waals surface area (Å²) in [5.74, 6) is 0.548. The van der Waals surface area contributed by atoms with Crippen LogP contribution in [-0.4, -0.2) is 46.1 Å². The van der Waals surface area contributed by atoms with Gasteiger partial charge in [0, 0.05) is 24.6 Å². The number of imidazole rings is 1. The van der Waals surface area contributed by atoms with Crippen molar-refractivity contribution in [1.82, 2.24) is 9.47 Å². The van der Waals surface area contributed by atoms with E-state index in [-0.39, 0.29) is 12.5 Å². The van der Waals surface area contributed by atoms with E-state index in [1.165, 1.54) is 10.4 Å². The standard InChI is InChI=1S/C32H46N3O4/c1-23(2)34-21-35(24(3)4)29-20-26(14-15-28(29)34)39-32(8,9)17-19-38-31(6,7)16-18-33(22-36)30(37)27-13-11-10-12-25(27)5/h10-15,20-24H,16-19H2,1-9H3/q+1. The number of carbonyl (C=O) groups excluding carboxylic acids is 2. The van der Waals surface area contributed by atoms with E-state index >= 15 is 0 Å². The Bertz CT molecular complexity index is 1290. The summed E-state index contributed by atoms with van der Waals surface area (Å²) in [5.41, 5.74) is 2.79. The quantitative estimate of drug-likeness (QED) is 0.187. The molecule has 0 unspecified atom stereocenters. The van der Waals surface area contributed by atoms with E-state index in [4.69, 9.17) is 9.47 Å². The number of aromatic nitrogens is 2. The molecule has 212 valence electrons. The van der Waals surface area contributed by atoms with Crippen molar-refractivity contribution < 1.29 is 23.6 Å².